The van der Waals surface area contributed by atoms with E-state index in [2.05, 4.69) is 11.3 Å². The molecule has 0 aromatic heterocycles. The Morgan fingerprint density at radius 2 is 1.35 bits per heavy atom. The first-order valence-corrected chi connectivity index (χ1v) is 14.3. The van der Waals surface area contributed by atoms with Gasteiger partial charge in [-0.05, 0) is 75.0 Å². The van der Waals surface area contributed by atoms with Gasteiger partial charge in [0.2, 0.25) is 17.4 Å². The Morgan fingerprint density at radius 1 is 0.865 bits per heavy atom. The first-order chi connectivity index (χ1) is 17.1. The normalized spacial score (nSPS) is 11.8. The highest BCUT2D eigenvalue weighted by molar-refractivity contribution is 14.1. The molecule has 0 aliphatic heterocycles. The number of hydrogen-bond acceptors (Lipinski definition) is 7. The second-order valence-corrected chi connectivity index (χ2v) is 12.1. The van der Waals surface area contributed by atoms with E-state index in [1.807, 2.05) is 0 Å². The summed E-state index contributed by atoms with van der Waals surface area (Å²) < 4.78 is 122. The van der Waals surface area contributed by atoms with Crippen LogP contribution in [0.2, 0.25) is 0 Å². The topological polar surface area (TPSA) is 124 Å². The standard InChI is InChI=1S/C21H10F4I2O8S2/c1-2-9-3-5-11(6-4-9)37(32,33)35-18-12(26)7-10(8-13(18)27)21(28)34-19-14(22)16(24)20(36(29,30)31)17(25)15(19)23/h2-8H,1H2,(H,29,30,31). The molecule has 0 radical (unpaired) electrons. The molecule has 0 bridgehead atoms. The minimum Gasteiger partial charge on any atom is -0.416 e. The van der Waals surface area contributed by atoms with Crippen molar-refractivity contribution in [2.75, 3.05) is 0 Å². The van der Waals surface area contributed by atoms with Crippen LogP contribution in [0.25, 0.3) is 6.08 Å². The van der Waals surface area contributed by atoms with Crippen LogP contribution in [0.5, 0.6) is 11.5 Å². The van der Waals surface area contributed by atoms with Gasteiger partial charge in [-0.1, -0.05) is 24.8 Å². The van der Waals surface area contributed by atoms with E-state index in [4.69, 9.17) is 8.74 Å². The van der Waals surface area contributed by atoms with Crippen LogP contribution in [-0.4, -0.2) is 27.4 Å². The molecule has 0 spiro atoms. The summed E-state index contributed by atoms with van der Waals surface area (Å²) in [5.74, 6) is -13.4. The van der Waals surface area contributed by atoms with Crippen molar-refractivity contribution < 1.29 is 52.7 Å². The second kappa shape index (κ2) is 10.8. The van der Waals surface area contributed by atoms with E-state index in [0.29, 0.717) is 5.56 Å². The van der Waals surface area contributed by atoms with Crippen molar-refractivity contribution >= 4 is 77.5 Å². The van der Waals surface area contributed by atoms with Crippen molar-refractivity contribution in [2.24, 2.45) is 0 Å². The molecule has 0 atom stereocenters. The average Bonchev–Trinajstić information content (AvgIpc) is 2.81. The Bertz CT molecular complexity index is 1610. The molecule has 196 valence electrons. The lowest BCUT2D eigenvalue weighted by atomic mass is 10.2. The summed E-state index contributed by atoms with van der Waals surface area (Å²) in [4.78, 5) is 9.98. The van der Waals surface area contributed by atoms with Crippen LogP contribution >= 0.6 is 45.2 Å². The van der Waals surface area contributed by atoms with Crippen LogP contribution in [0.1, 0.15) is 15.9 Å². The van der Waals surface area contributed by atoms with Gasteiger partial charge in [0, 0.05) is 0 Å². The van der Waals surface area contributed by atoms with E-state index >= 15 is 0 Å². The molecule has 0 saturated heterocycles. The largest absolute Gasteiger partial charge is 0.416 e. The smallest absolute Gasteiger partial charge is 0.343 e. The fraction of sp³-hybridized carbons (Fsp3) is 0. The molecule has 1 N–H and O–H groups in total. The summed E-state index contributed by atoms with van der Waals surface area (Å²) in [7, 11) is -10.0. The summed E-state index contributed by atoms with van der Waals surface area (Å²) in [5, 5.41) is 0. The average molecular weight is 784 g/mol. The Hall–Kier alpha value is -2.29. The predicted molar refractivity (Wildman–Crippen MR) is 137 cm³/mol. The van der Waals surface area contributed by atoms with Crippen LogP contribution in [-0.2, 0) is 20.2 Å². The van der Waals surface area contributed by atoms with Crippen molar-refractivity contribution in [3.05, 3.63) is 84.5 Å². The minimum atomic E-state index is -5.70. The summed E-state index contributed by atoms with van der Waals surface area (Å²) in [6.45, 7) is 3.56. The van der Waals surface area contributed by atoms with E-state index in [9.17, 15) is 39.2 Å². The highest BCUT2D eigenvalue weighted by atomic mass is 127. The highest BCUT2D eigenvalue weighted by Crippen LogP contribution is 2.35. The van der Waals surface area contributed by atoms with Gasteiger partial charge in [0.25, 0.3) is 0 Å². The van der Waals surface area contributed by atoms with Gasteiger partial charge in [0.05, 0.1) is 12.7 Å². The zero-order chi connectivity index (χ0) is 27.9. The molecular weight excluding hydrogens is 774 g/mol. The summed E-state index contributed by atoms with van der Waals surface area (Å²) >= 11 is 3.21. The van der Waals surface area contributed by atoms with Gasteiger partial charge in [0.1, 0.15) is 4.90 Å². The Balaban J connectivity index is 1.95. The van der Waals surface area contributed by atoms with Crippen molar-refractivity contribution in [3.63, 3.8) is 0 Å². The van der Waals surface area contributed by atoms with E-state index in [1.165, 1.54) is 30.3 Å². The molecule has 0 aliphatic carbocycles. The van der Waals surface area contributed by atoms with Crippen LogP contribution in [0.15, 0.2) is 52.8 Å². The quantitative estimate of drug-likeness (QED) is 0.0650. The van der Waals surface area contributed by atoms with Crippen molar-refractivity contribution in [1.82, 2.24) is 0 Å². The molecule has 0 saturated carbocycles. The van der Waals surface area contributed by atoms with Gasteiger partial charge in [-0.2, -0.15) is 25.6 Å². The number of carbonyl (C=O) groups excluding carboxylic acids is 1. The van der Waals surface area contributed by atoms with E-state index < -0.39 is 65.7 Å². The lowest BCUT2D eigenvalue weighted by Crippen LogP contribution is -2.17. The lowest BCUT2D eigenvalue weighted by Gasteiger charge is -2.13. The highest BCUT2D eigenvalue weighted by Gasteiger charge is 2.34. The van der Waals surface area contributed by atoms with Crippen LogP contribution in [0.4, 0.5) is 17.6 Å². The van der Waals surface area contributed by atoms with Crippen molar-refractivity contribution in [2.45, 2.75) is 9.79 Å². The maximum atomic E-state index is 14.2. The number of esters is 1. The number of hydrogen-bond donors (Lipinski definition) is 1. The van der Waals surface area contributed by atoms with Gasteiger partial charge in [-0.15, -0.1) is 0 Å². The second-order valence-electron chi connectivity index (χ2n) is 6.86. The third kappa shape index (κ3) is 6.07. The predicted octanol–water partition coefficient (Wildman–Crippen LogP) is 5.33. The summed E-state index contributed by atoms with van der Waals surface area (Å²) in [6, 6.07) is 7.56. The maximum Gasteiger partial charge on any atom is 0.343 e. The SMILES string of the molecule is C=Cc1ccc(S(=O)(=O)Oc2c(I)cc(C(=O)Oc3c(F)c(F)c(S(=O)(=O)O)c(F)c3F)cc2I)cc1. The van der Waals surface area contributed by atoms with Crippen molar-refractivity contribution in [1.29, 1.82) is 0 Å². The molecule has 16 heteroatoms. The summed E-state index contributed by atoms with van der Waals surface area (Å²) in [6.07, 6.45) is 1.50. The molecule has 8 nitrogen and oxygen atoms in total. The first-order valence-electron chi connectivity index (χ1n) is 9.30. The minimum absolute atomic E-state index is 0.0303. The van der Waals surface area contributed by atoms with Gasteiger partial charge < -0.3 is 8.92 Å². The fourth-order valence-electron chi connectivity index (χ4n) is 2.74. The number of halogens is 6. The molecule has 0 aliphatic rings. The Morgan fingerprint density at radius 3 is 1.78 bits per heavy atom. The molecule has 0 heterocycles. The molecule has 3 aromatic carbocycles. The third-order valence-electron chi connectivity index (χ3n) is 4.47. The molecule has 3 aromatic rings. The molecule has 0 unspecified atom stereocenters. The third-order valence-corrected chi connectivity index (χ3v) is 8.18. The monoisotopic (exact) mass is 784 g/mol. The van der Waals surface area contributed by atoms with Gasteiger partial charge >= 0.3 is 26.2 Å². The number of carbonyl (C=O) groups is 1. The molecule has 3 rings (SSSR count). The Labute approximate surface area is 234 Å². The number of ether oxygens (including phenoxy) is 1. The summed E-state index contributed by atoms with van der Waals surface area (Å²) in [5.41, 5.74) is 0.221. The molecule has 37 heavy (non-hydrogen) atoms. The maximum absolute atomic E-state index is 14.2. The Kier molecular flexibility index (Phi) is 8.57. The first kappa shape index (κ1) is 29.3. The molecule has 0 amide bonds. The molecular formula is C21H10F4I2O8S2. The van der Waals surface area contributed by atoms with Crippen LogP contribution in [0.3, 0.4) is 0 Å². The van der Waals surface area contributed by atoms with Gasteiger partial charge in [0.15, 0.2) is 22.3 Å². The van der Waals surface area contributed by atoms with Gasteiger partial charge in [-0.25, -0.2) is 13.6 Å². The molecule has 0 fully saturated rings. The van der Waals surface area contributed by atoms with E-state index in [-0.39, 0.29) is 17.8 Å². The zero-order valence-electron chi connectivity index (χ0n) is 17.6. The number of benzene rings is 3. The lowest BCUT2D eigenvalue weighted by molar-refractivity contribution is 0.0716. The van der Waals surface area contributed by atoms with E-state index in [0.717, 1.165) is 12.1 Å². The van der Waals surface area contributed by atoms with Crippen molar-refractivity contribution in [3.8, 4) is 11.5 Å². The fourth-order valence-corrected chi connectivity index (χ4v) is 6.63. The van der Waals surface area contributed by atoms with Gasteiger partial charge in [-0.3, -0.25) is 4.55 Å². The van der Waals surface area contributed by atoms with Crippen LogP contribution < -0.4 is 8.92 Å². The number of rotatable bonds is 7. The zero-order valence-corrected chi connectivity index (χ0v) is 23.6. The van der Waals surface area contributed by atoms with Crippen LogP contribution in [0, 0.1) is 30.4 Å². The van der Waals surface area contributed by atoms with E-state index in [1.54, 1.807) is 45.2 Å².